The lowest BCUT2D eigenvalue weighted by atomic mass is 10.0. The molecule has 0 aliphatic heterocycles. The van der Waals surface area contributed by atoms with E-state index in [1.807, 2.05) is 67.6 Å². The Bertz CT molecular complexity index is 1190. The van der Waals surface area contributed by atoms with Crippen molar-refractivity contribution in [2.24, 2.45) is 0 Å². The molecule has 0 bridgehead atoms. The van der Waals surface area contributed by atoms with Crippen LogP contribution in [0.4, 0.5) is 0 Å². The fraction of sp³-hybridized carbons (Fsp3) is 0.269. The maximum absolute atomic E-state index is 13.2. The zero-order chi connectivity index (χ0) is 24.6. The second-order valence-corrected chi connectivity index (χ2v) is 10.2. The van der Waals surface area contributed by atoms with Crippen LogP contribution in [0.15, 0.2) is 83.8 Å². The Morgan fingerprint density at radius 1 is 0.971 bits per heavy atom. The zero-order valence-electron chi connectivity index (χ0n) is 19.2. The fourth-order valence-electron chi connectivity index (χ4n) is 3.59. The lowest BCUT2D eigenvalue weighted by Crippen LogP contribution is -2.50. The highest BCUT2D eigenvalue weighted by molar-refractivity contribution is 7.89. The maximum Gasteiger partial charge on any atom is 0.245 e. The summed E-state index contributed by atoms with van der Waals surface area (Å²) in [6.45, 7) is 1.91. The van der Waals surface area contributed by atoms with Gasteiger partial charge < -0.3 is 10.1 Å². The first-order chi connectivity index (χ1) is 16.3. The summed E-state index contributed by atoms with van der Waals surface area (Å²) in [6.07, 6.45) is 1.72. The summed E-state index contributed by atoms with van der Waals surface area (Å²) in [5.74, 6) is -0.249. The van der Waals surface area contributed by atoms with Crippen LogP contribution in [0, 0.1) is 0 Å². The Morgan fingerprint density at radius 2 is 1.59 bits per heavy atom. The van der Waals surface area contributed by atoms with E-state index in [0.29, 0.717) is 0 Å². The molecular weight excluding hydrogens is 472 g/mol. The molecule has 1 amide bonds. The second-order valence-electron chi connectivity index (χ2n) is 8.09. The van der Waals surface area contributed by atoms with Gasteiger partial charge in [0.15, 0.2) is 0 Å². The first-order valence-corrected chi connectivity index (χ1v) is 12.9. The molecule has 180 valence electrons. The van der Waals surface area contributed by atoms with Crippen molar-refractivity contribution < 1.29 is 17.9 Å². The van der Waals surface area contributed by atoms with Crippen LogP contribution in [0.5, 0.6) is 5.75 Å². The summed E-state index contributed by atoms with van der Waals surface area (Å²) < 4.78 is 34.2. The molecule has 3 aromatic carbocycles. The zero-order valence-corrected chi connectivity index (χ0v) is 20.8. The van der Waals surface area contributed by atoms with Crippen molar-refractivity contribution in [2.75, 3.05) is 7.11 Å². The molecule has 6 nitrogen and oxygen atoms in total. The molecule has 0 unspecified atom stereocenters. The number of halogens is 1. The minimum absolute atomic E-state index is 0.120. The van der Waals surface area contributed by atoms with E-state index in [9.17, 15) is 13.2 Å². The number of carbonyl (C=O) groups excluding carboxylic acids is 1. The lowest BCUT2D eigenvalue weighted by Gasteiger charge is -2.22. The Morgan fingerprint density at radius 3 is 2.21 bits per heavy atom. The van der Waals surface area contributed by atoms with Gasteiger partial charge in [0.05, 0.1) is 7.11 Å². The van der Waals surface area contributed by atoms with Gasteiger partial charge in [-0.1, -0.05) is 72.3 Å². The number of amides is 1. The van der Waals surface area contributed by atoms with Gasteiger partial charge in [-0.05, 0) is 55.5 Å². The van der Waals surface area contributed by atoms with Gasteiger partial charge in [-0.3, -0.25) is 4.79 Å². The minimum atomic E-state index is -4.10. The molecule has 0 saturated heterocycles. The minimum Gasteiger partial charge on any atom is -0.495 e. The number of hydrogen-bond acceptors (Lipinski definition) is 4. The predicted octanol–water partition coefficient (Wildman–Crippen LogP) is 4.38. The molecule has 0 saturated carbocycles. The highest BCUT2D eigenvalue weighted by atomic mass is 35.5. The third kappa shape index (κ3) is 7.32. The smallest absolute Gasteiger partial charge is 0.245 e. The Labute approximate surface area is 206 Å². The second kappa shape index (κ2) is 12.0. The third-order valence-electron chi connectivity index (χ3n) is 5.41. The number of ether oxygens (including phenoxy) is 1. The van der Waals surface area contributed by atoms with E-state index in [0.717, 1.165) is 18.4 Å². The van der Waals surface area contributed by atoms with Crippen molar-refractivity contribution in [1.29, 1.82) is 0 Å². The molecule has 3 rings (SSSR count). The van der Waals surface area contributed by atoms with E-state index >= 15 is 0 Å². The van der Waals surface area contributed by atoms with Gasteiger partial charge in [-0.25, -0.2) is 8.42 Å². The largest absolute Gasteiger partial charge is 0.495 e. The molecule has 0 fully saturated rings. The first-order valence-electron chi connectivity index (χ1n) is 11.0. The monoisotopic (exact) mass is 500 g/mol. The molecule has 0 spiro atoms. The summed E-state index contributed by atoms with van der Waals surface area (Å²) >= 11 is 6.04. The number of benzene rings is 3. The van der Waals surface area contributed by atoms with Crippen LogP contribution in [0.3, 0.4) is 0 Å². The average molecular weight is 501 g/mol. The van der Waals surface area contributed by atoms with Crippen LogP contribution >= 0.6 is 11.6 Å². The van der Waals surface area contributed by atoms with E-state index < -0.39 is 22.0 Å². The molecule has 3 aromatic rings. The van der Waals surface area contributed by atoms with E-state index in [2.05, 4.69) is 10.0 Å². The number of nitrogens with one attached hydrogen (secondary N) is 2. The Balaban J connectivity index is 1.78. The number of rotatable bonds is 11. The van der Waals surface area contributed by atoms with Gasteiger partial charge in [0.1, 0.15) is 16.7 Å². The van der Waals surface area contributed by atoms with E-state index in [-0.39, 0.29) is 28.1 Å². The maximum atomic E-state index is 13.2. The Kier molecular flexibility index (Phi) is 9.10. The summed E-state index contributed by atoms with van der Waals surface area (Å²) in [4.78, 5) is 13.1. The van der Waals surface area contributed by atoms with Crippen LogP contribution in [0.2, 0.25) is 5.02 Å². The topological polar surface area (TPSA) is 84.5 Å². The molecule has 0 aliphatic rings. The molecule has 2 atom stereocenters. The van der Waals surface area contributed by atoms with Crippen molar-refractivity contribution in [2.45, 2.75) is 43.2 Å². The van der Waals surface area contributed by atoms with Crippen molar-refractivity contribution in [3.63, 3.8) is 0 Å². The van der Waals surface area contributed by atoms with Crippen molar-refractivity contribution in [3.8, 4) is 5.75 Å². The lowest BCUT2D eigenvalue weighted by molar-refractivity contribution is -0.123. The van der Waals surface area contributed by atoms with Crippen molar-refractivity contribution in [3.05, 3.63) is 95.0 Å². The fourth-order valence-corrected chi connectivity index (χ4v) is 5.22. The van der Waals surface area contributed by atoms with Gasteiger partial charge in [-0.2, -0.15) is 4.72 Å². The van der Waals surface area contributed by atoms with Gasteiger partial charge in [-0.15, -0.1) is 0 Å². The standard InChI is InChI=1S/C26H29ClN2O4S/c1-19(13-14-20-9-5-3-6-10-20)28-26(30)23(17-21-11-7-4-8-12-21)29-34(31,32)25-18-22(27)15-16-24(25)33-2/h3-12,15-16,18-19,23,29H,13-14,17H2,1-2H3,(H,28,30)/t19-,23+/m1/s1. The van der Waals surface area contributed by atoms with Gasteiger partial charge >= 0.3 is 0 Å². The molecule has 0 heterocycles. The first kappa shape index (κ1) is 25.7. The normalized spacial score (nSPS) is 13.1. The summed E-state index contributed by atoms with van der Waals surface area (Å²) in [7, 11) is -2.72. The van der Waals surface area contributed by atoms with Gasteiger partial charge in [0.2, 0.25) is 15.9 Å². The molecule has 0 aromatic heterocycles. The number of carbonyl (C=O) groups is 1. The van der Waals surface area contributed by atoms with Crippen LogP contribution in [0.1, 0.15) is 24.5 Å². The van der Waals surface area contributed by atoms with Crippen molar-refractivity contribution in [1.82, 2.24) is 10.0 Å². The van der Waals surface area contributed by atoms with Crippen LogP contribution in [0.25, 0.3) is 0 Å². The molecule has 0 aliphatic carbocycles. The van der Waals surface area contributed by atoms with Crippen molar-refractivity contribution >= 4 is 27.5 Å². The predicted molar refractivity (Wildman–Crippen MR) is 135 cm³/mol. The van der Waals surface area contributed by atoms with E-state index in [4.69, 9.17) is 16.3 Å². The number of hydrogen-bond donors (Lipinski definition) is 2. The number of sulfonamides is 1. The molecule has 8 heteroatoms. The highest BCUT2D eigenvalue weighted by Crippen LogP contribution is 2.27. The average Bonchev–Trinajstić information content (AvgIpc) is 2.83. The third-order valence-corrected chi connectivity index (χ3v) is 7.14. The summed E-state index contributed by atoms with van der Waals surface area (Å²) in [6, 6.07) is 22.4. The van der Waals surface area contributed by atoms with E-state index in [1.165, 1.54) is 24.8 Å². The highest BCUT2D eigenvalue weighted by Gasteiger charge is 2.29. The number of methoxy groups -OCH3 is 1. The molecule has 0 radical (unpaired) electrons. The molecule has 34 heavy (non-hydrogen) atoms. The SMILES string of the molecule is COc1ccc(Cl)cc1S(=O)(=O)N[C@@H](Cc1ccccc1)C(=O)N[C@H](C)CCc1ccccc1. The number of aryl methyl sites for hydroxylation is 1. The summed E-state index contributed by atoms with van der Waals surface area (Å²) in [5, 5.41) is 3.21. The van der Waals surface area contributed by atoms with Gasteiger partial charge in [0, 0.05) is 11.1 Å². The van der Waals surface area contributed by atoms with Crippen LogP contribution in [-0.2, 0) is 27.7 Å². The van der Waals surface area contributed by atoms with Crippen LogP contribution < -0.4 is 14.8 Å². The quantitative estimate of drug-likeness (QED) is 0.409. The van der Waals surface area contributed by atoms with Gasteiger partial charge in [0.25, 0.3) is 0 Å². The Hall–Kier alpha value is -2.87. The van der Waals surface area contributed by atoms with Crippen LogP contribution in [-0.4, -0.2) is 33.5 Å². The molecule has 2 N–H and O–H groups in total. The molecular formula is C26H29ClN2O4S. The van der Waals surface area contributed by atoms with E-state index in [1.54, 1.807) is 6.07 Å². The summed E-state index contributed by atoms with van der Waals surface area (Å²) in [5.41, 5.74) is 2.01.